The second-order valence-electron chi connectivity index (χ2n) is 4.06. The maximum Gasteiger partial charge on any atom is 0.152 e. The maximum absolute atomic E-state index is 11.7. The van der Waals surface area contributed by atoms with Crippen molar-refractivity contribution in [2.45, 2.75) is 38.6 Å². The van der Waals surface area contributed by atoms with Gasteiger partial charge in [0.1, 0.15) is 0 Å². The van der Waals surface area contributed by atoms with Crippen molar-refractivity contribution in [3.05, 3.63) is 12.7 Å². The van der Waals surface area contributed by atoms with Crippen molar-refractivity contribution in [2.75, 3.05) is 14.1 Å². The molecule has 0 fully saturated rings. The third kappa shape index (κ3) is 3.73. The molecule has 0 aromatic carbocycles. The molecule has 0 atom stereocenters. The van der Waals surface area contributed by atoms with E-state index < -0.39 is 0 Å². The van der Waals surface area contributed by atoms with Crippen molar-refractivity contribution < 1.29 is 4.79 Å². The summed E-state index contributed by atoms with van der Waals surface area (Å²) in [6, 6.07) is 0. The average Bonchev–Trinajstić information content (AvgIpc) is 2.04. The smallest absolute Gasteiger partial charge is 0.152 e. The number of ketones is 1. The summed E-state index contributed by atoms with van der Waals surface area (Å²) in [4.78, 5) is 13.7. The second-order valence-corrected chi connectivity index (χ2v) is 4.06. The first-order valence-corrected chi connectivity index (χ1v) is 4.74. The van der Waals surface area contributed by atoms with Crippen molar-refractivity contribution >= 4 is 5.78 Å². The van der Waals surface area contributed by atoms with Crippen LogP contribution in [-0.2, 0) is 4.79 Å². The van der Waals surface area contributed by atoms with Crippen LogP contribution in [0.5, 0.6) is 0 Å². The summed E-state index contributed by atoms with van der Waals surface area (Å²) < 4.78 is 0. The Morgan fingerprint density at radius 3 is 2.38 bits per heavy atom. The lowest BCUT2D eigenvalue weighted by Gasteiger charge is -2.30. The number of hydrogen-bond acceptors (Lipinski definition) is 2. The molecule has 0 aliphatic carbocycles. The highest BCUT2D eigenvalue weighted by Crippen LogP contribution is 2.15. The molecule has 0 amide bonds. The van der Waals surface area contributed by atoms with Gasteiger partial charge in [-0.05, 0) is 40.8 Å². The maximum atomic E-state index is 11.7. The molecule has 0 aromatic heterocycles. The van der Waals surface area contributed by atoms with Gasteiger partial charge in [0.2, 0.25) is 0 Å². The average molecular weight is 183 g/mol. The van der Waals surface area contributed by atoms with E-state index in [0.29, 0.717) is 12.2 Å². The Bertz CT molecular complexity index is 183. The molecule has 0 unspecified atom stereocenters. The van der Waals surface area contributed by atoms with Crippen LogP contribution >= 0.6 is 0 Å². The Hall–Kier alpha value is -0.630. The van der Waals surface area contributed by atoms with Gasteiger partial charge in [-0.2, -0.15) is 0 Å². The number of Topliss-reactive ketones (excluding diaryl/α,β-unsaturated/α-hetero) is 1. The van der Waals surface area contributed by atoms with Gasteiger partial charge in [0.15, 0.2) is 5.78 Å². The van der Waals surface area contributed by atoms with Crippen LogP contribution in [0.25, 0.3) is 0 Å². The number of hydrogen-bond donors (Lipinski definition) is 0. The Morgan fingerprint density at radius 1 is 1.46 bits per heavy atom. The first-order valence-electron chi connectivity index (χ1n) is 4.74. The van der Waals surface area contributed by atoms with Crippen LogP contribution in [0.15, 0.2) is 12.7 Å². The summed E-state index contributed by atoms with van der Waals surface area (Å²) >= 11 is 0. The van der Waals surface area contributed by atoms with Gasteiger partial charge in [-0.1, -0.05) is 6.08 Å². The summed E-state index contributed by atoms with van der Waals surface area (Å²) in [5, 5.41) is 0. The molecule has 0 rings (SSSR count). The molecule has 0 aromatic rings. The summed E-state index contributed by atoms with van der Waals surface area (Å²) in [7, 11) is 3.87. The molecule has 76 valence electrons. The van der Waals surface area contributed by atoms with Gasteiger partial charge >= 0.3 is 0 Å². The number of unbranched alkanes of at least 4 members (excludes halogenated alkanes) is 1. The van der Waals surface area contributed by atoms with Gasteiger partial charge in [0.25, 0.3) is 0 Å². The topological polar surface area (TPSA) is 20.3 Å². The summed E-state index contributed by atoms with van der Waals surface area (Å²) in [5.41, 5.74) is -0.332. The van der Waals surface area contributed by atoms with E-state index in [4.69, 9.17) is 0 Å². The van der Waals surface area contributed by atoms with Crippen molar-refractivity contribution in [3.63, 3.8) is 0 Å². The molecule has 0 N–H and O–H groups in total. The van der Waals surface area contributed by atoms with Crippen molar-refractivity contribution in [1.29, 1.82) is 0 Å². The first kappa shape index (κ1) is 12.4. The number of allylic oxidation sites excluding steroid dienone is 1. The highest BCUT2D eigenvalue weighted by molar-refractivity contribution is 5.87. The van der Waals surface area contributed by atoms with Gasteiger partial charge in [0.05, 0.1) is 5.54 Å². The van der Waals surface area contributed by atoms with E-state index >= 15 is 0 Å². The van der Waals surface area contributed by atoms with Crippen molar-refractivity contribution in [1.82, 2.24) is 4.90 Å². The van der Waals surface area contributed by atoms with Crippen LogP contribution in [0.1, 0.15) is 33.1 Å². The van der Waals surface area contributed by atoms with Gasteiger partial charge in [-0.25, -0.2) is 0 Å². The Kier molecular flexibility index (Phi) is 4.92. The van der Waals surface area contributed by atoms with Crippen LogP contribution in [0.4, 0.5) is 0 Å². The van der Waals surface area contributed by atoms with E-state index in [2.05, 4.69) is 6.58 Å². The highest BCUT2D eigenvalue weighted by Gasteiger charge is 2.28. The quantitative estimate of drug-likeness (QED) is 0.465. The molecule has 0 aliphatic heterocycles. The molecule has 0 aliphatic rings. The van der Waals surface area contributed by atoms with Crippen molar-refractivity contribution in [2.24, 2.45) is 0 Å². The fourth-order valence-corrected chi connectivity index (χ4v) is 0.962. The monoisotopic (exact) mass is 183 g/mol. The molecular formula is C11H21NO. The van der Waals surface area contributed by atoms with E-state index in [1.54, 1.807) is 0 Å². The van der Waals surface area contributed by atoms with E-state index in [0.717, 1.165) is 12.8 Å². The summed E-state index contributed by atoms with van der Waals surface area (Å²) in [6.07, 6.45) is 4.35. The molecule has 0 bridgehead atoms. The molecule has 2 heteroatoms. The predicted octanol–water partition coefficient (Wildman–Crippen LogP) is 2.25. The number of likely N-dealkylation sites (N-methyl/N-ethyl adjacent to an activating group) is 1. The first-order chi connectivity index (χ1) is 5.92. The lowest BCUT2D eigenvalue weighted by molar-refractivity contribution is -0.128. The normalized spacial score (nSPS) is 11.8. The Balaban J connectivity index is 4.02. The largest absolute Gasteiger partial charge is 0.298 e. The van der Waals surface area contributed by atoms with Crippen LogP contribution in [-0.4, -0.2) is 30.3 Å². The zero-order valence-corrected chi connectivity index (χ0v) is 9.26. The Labute approximate surface area is 81.6 Å². The molecule has 13 heavy (non-hydrogen) atoms. The van der Waals surface area contributed by atoms with E-state index in [1.165, 1.54) is 0 Å². The number of nitrogens with zero attached hydrogens (tertiary/aromatic N) is 1. The number of rotatable bonds is 6. The van der Waals surface area contributed by atoms with Crippen molar-refractivity contribution in [3.8, 4) is 0 Å². The SMILES string of the molecule is C=CCCCC(=O)C(C)(C)N(C)C. The molecular weight excluding hydrogens is 162 g/mol. The van der Waals surface area contributed by atoms with E-state index in [1.807, 2.05) is 38.9 Å². The standard InChI is InChI=1S/C11H21NO/c1-6-7-8-9-10(13)11(2,3)12(4)5/h6H,1,7-9H2,2-5H3. The zero-order chi connectivity index (χ0) is 10.5. The minimum atomic E-state index is -0.332. The van der Waals surface area contributed by atoms with Gasteiger partial charge in [-0.15, -0.1) is 6.58 Å². The molecule has 0 spiro atoms. The van der Waals surface area contributed by atoms with Crippen LogP contribution in [0.3, 0.4) is 0 Å². The van der Waals surface area contributed by atoms with Gasteiger partial charge in [0, 0.05) is 6.42 Å². The molecule has 2 nitrogen and oxygen atoms in total. The third-order valence-electron chi connectivity index (χ3n) is 2.61. The predicted molar refractivity (Wildman–Crippen MR) is 56.8 cm³/mol. The van der Waals surface area contributed by atoms with Crippen LogP contribution in [0, 0.1) is 0 Å². The fourth-order valence-electron chi connectivity index (χ4n) is 0.962. The second kappa shape index (κ2) is 5.18. The lowest BCUT2D eigenvalue weighted by atomic mass is 9.94. The number of carbonyl (C=O) groups excluding carboxylic acids is 1. The van der Waals surface area contributed by atoms with Gasteiger partial charge in [-0.3, -0.25) is 9.69 Å². The van der Waals surface area contributed by atoms with E-state index in [9.17, 15) is 4.79 Å². The molecule has 0 radical (unpaired) electrons. The summed E-state index contributed by atoms with van der Waals surface area (Å²) in [5.74, 6) is 0.305. The Morgan fingerprint density at radius 2 is 2.00 bits per heavy atom. The van der Waals surface area contributed by atoms with Crippen LogP contribution < -0.4 is 0 Å². The minimum absolute atomic E-state index is 0.305. The van der Waals surface area contributed by atoms with E-state index in [-0.39, 0.29) is 5.54 Å². The molecule has 0 saturated carbocycles. The molecule has 0 heterocycles. The zero-order valence-electron chi connectivity index (χ0n) is 9.26. The summed E-state index contributed by atoms with van der Waals surface area (Å²) in [6.45, 7) is 7.56. The fraction of sp³-hybridized carbons (Fsp3) is 0.727. The minimum Gasteiger partial charge on any atom is -0.298 e. The van der Waals surface area contributed by atoms with Gasteiger partial charge < -0.3 is 0 Å². The number of carbonyl (C=O) groups is 1. The highest BCUT2D eigenvalue weighted by atomic mass is 16.1. The molecule has 0 saturated heterocycles. The third-order valence-corrected chi connectivity index (χ3v) is 2.61. The lowest BCUT2D eigenvalue weighted by Crippen LogP contribution is -2.45. The van der Waals surface area contributed by atoms with Crippen LogP contribution in [0.2, 0.25) is 0 Å².